The lowest BCUT2D eigenvalue weighted by Crippen LogP contribution is -2.41. The summed E-state index contributed by atoms with van der Waals surface area (Å²) in [5.74, 6) is -2.03. The number of hydrazine groups is 1. The predicted octanol–water partition coefficient (Wildman–Crippen LogP) is 3.30. The van der Waals surface area contributed by atoms with E-state index in [1.165, 1.54) is 19.4 Å². The highest BCUT2D eigenvalue weighted by Gasteiger charge is 2.24. The van der Waals surface area contributed by atoms with Crippen LogP contribution < -0.4 is 15.6 Å². The molecule has 3 aromatic carbocycles. The van der Waals surface area contributed by atoms with Crippen molar-refractivity contribution < 1.29 is 27.5 Å². The summed E-state index contributed by atoms with van der Waals surface area (Å²) in [6.07, 6.45) is 1.48. The number of carbonyl (C=O) groups excluding carboxylic acids is 2. The maximum atomic E-state index is 13.0. The minimum atomic E-state index is -4.00. The van der Waals surface area contributed by atoms with Gasteiger partial charge in [0.2, 0.25) is 15.8 Å². The van der Waals surface area contributed by atoms with Gasteiger partial charge in [0.15, 0.2) is 0 Å². The molecule has 35 heavy (non-hydrogen) atoms. The van der Waals surface area contributed by atoms with Gasteiger partial charge < -0.3 is 9.52 Å². The number of carbonyl (C=O) groups is 2. The smallest absolute Gasteiger partial charge is 0.306 e. The molecular weight excluding hydrogens is 470 g/mol. The molecule has 10 heteroatoms. The van der Waals surface area contributed by atoms with Gasteiger partial charge in [0, 0.05) is 16.7 Å². The Morgan fingerprint density at radius 1 is 0.829 bits per heavy atom. The van der Waals surface area contributed by atoms with Crippen molar-refractivity contribution >= 4 is 21.8 Å². The number of aromatic hydroxyl groups is 1. The average molecular weight is 492 g/mol. The second-order valence-corrected chi connectivity index (χ2v) is 9.24. The van der Waals surface area contributed by atoms with Gasteiger partial charge in [0.05, 0.1) is 6.26 Å². The highest BCUT2D eigenvalue weighted by Crippen LogP contribution is 2.36. The van der Waals surface area contributed by atoms with Crippen LogP contribution in [0.15, 0.2) is 94.4 Å². The minimum Gasteiger partial charge on any atom is -0.507 e. The number of sulfonamides is 1. The lowest BCUT2D eigenvalue weighted by molar-refractivity contribution is 0.0831. The number of amides is 2. The molecule has 0 aliphatic rings. The molecule has 0 aliphatic heterocycles. The fraction of sp³-hybridized carbons (Fsp3) is 0.0400. The molecule has 2 amide bonds. The van der Waals surface area contributed by atoms with Crippen LogP contribution in [0.4, 0.5) is 0 Å². The molecule has 9 nitrogen and oxygen atoms in total. The minimum absolute atomic E-state index is 0.0143. The number of nitrogens with one attached hydrogen (secondary N) is 3. The summed E-state index contributed by atoms with van der Waals surface area (Å²) in [4.78, 5) is 25.1. The molecule has 0 aliphatic carbocycles. The molecule has 0 unspecified atom stereocenters. The van der Waals surface area contributed by atoms with E-state index in [2.05, 4.69) is 15.6 Å². The molecular formula is C25H21N3O6S. The van der Waals surface area contributed by atoms with Crippen molar-refractivity contribution in [2.75, 3.05) is 7.05 Å². The van der Waals surface area contributed by atoms with Gasteiger partial charge >= 0.3 is 5.91 Å². The van der Waals surface area contributed by atoms with Crippen molar-refractivity contribution in [3.63, 3.8) is 0 Å². The van der Waals surface area contributed by atoms with Crippen LogP contribution in [0.3, 0.4) is 0 Å². The largest absolute Gasteiger partial charge is 0.507 e. The normalized spacial score (nSPS) is 11.1. The Labute approximate surface area is 201 Å². The molecule has 0 saturated heterocycles. The standard InChI is InChI=1S/C25H21N3O6S/c1-26-35(32,33)21-14-18(12-13-20(21)29)24(30)27-28-25(31)23-22(17-10-6-3-7-11-17)19(15-34-23)16-8-4-2-5-9-16/h2-15,26,29H,1H3,(H,27,30)(H,28,31). The van der Waals surface area contributed by atoms with Crippen LogP contribution in [-0.2, 0) is 10.0 Å². The van der Waals surface area contributed by atoms with E-state index in [-0.39, 0.29) is 11.3 Å². The molecule has 0 fully saturated rings. The lowest BCUT2D eigenvalue weighted by atomic mass is 9.96. The third-order valence-electron chi connectivity index (χ3n) is 5.21. The van der Waals surface area contributed by atoms with Crippen LogP contribution in [0.2, 0.25) is 0 Å². The first kappa shape index (κ1) is 23.7. The number of phenolic OH excluding ortho intramolecular Hbond substituents is 1. The molecule has 4 rings (SSSR count). The Hall–Kier alpha value is -4.41. The maximum Gasteiger partial charge on any atom is 0.306 e. The van der Waals surface area contributed by atoms with Gasteiger partial charge in [-0.05, 0) is 36.4 Å². The Morgan fingerprint density at radius 3 is 2.06 bits per heavy atom. The van der Waals surface area contributed by atoms with E-state index >= 15 is 0 Å². The van der Waals surface area contributed by atoms with Crippen molar-refractivity contribution in [3.8, 4) is 28.0 Å². The van der Waals surface area contributed by atoms with Gasteiger partial charge in [-0.3, -0.25) is 20.4 Å². The number of rotatable bonds is 6. The molecule has 0 saturated carbocycles. The van der Waals surface area contributed by atoms with Crippen molar-refractivity contribution in [2.45, 2.75) is 4.90 Å². The van der Waals surface area contributed by atoms with Crippen LogP contribution in [0.5, 0.6) is 5.75 Å². The summed E-state index contributed by atoms with van der Waals surface area (Å²) in [5.41, 5.74) is 7.30. The van der Waals surface area contributed by atoms with Gasteiger partial charge in [-0.1, -0.05) is 60.7 Å². The van der Waals surface area contributed by atoms with E-state index in [9.17, 15) is 23.1 Å². The third-order valence-corrected chi connectivity index (χ3v) is 6.66. The maximum absolute atomic E-state index is 13.0. The topological polar surface area (TPSA) is 138 Å². The fourth-order valence-corrected chi connectivity index (χ4v) is 4.32. The zero-order valence-corrected chi connectivity index (χ0v) is 19.3. The van der Waals surface area contributed by atoms with E-state index in [1.807, 2.05) is 60.7 Å². The highest BCUT2D eigenvalue weighted by molar-refractivity contribution is 7.89. The van der Waals surface area contributed by atoms with E-state index in [4.69, 9.17) is 4.42 Å². The summed E-state index contributed by atoms with van der Waals surface area (Å²) in [6.45, 7) is 0. The van der Waals surface area contributed by atoms with Crippen molar-refractivity contribution in [2.24, 2.45) is 0 Å². The molecule has 4 aromatic rings. The van der Waals surface area contributed by atoms with E-state index in [0.29, 0.717) is 11.1 Å². The van der Waals surface area contributed by atoms with Gasteiger partial charge in [-0.2, -0.15) is 0 Å². The first-order chi connectivity index (χ1) is 16.8. The second kappa shape index (κ2) is 9.84. The summed E-state index contributed by atoms with van der Waals surface area (Å²) in [6, 6.07) is 21.9. The van der Waals surface area contributed by atoms with Crippen molar-refractivity contribution in [3.05, 3.63) is 96.4 Å². The molecule has 0 spiro atoms. The molecule has 0 radical (unpaired) electrons. The van der Waals surface area contributed by atoms with E-state index in [1.54, 1.807) is 0 Å². The Kier molecular flexibility index (Phi) is 6.67. The summed E-state index contributed by atoms with van der Waals surface area (Å²) in [5, 5.41) is 9.85. The second-order valence-electron chi connectivity index (χ2n) is 7.38. The van der Waals surface area contributed by atoms with E-state index < -0.39 is 32.5 Å². The Morgan fingerprint density at radius 2 is 1.43 bits per heavy atom. The molecule has 1 aromatic heterocycles. The summed E-state index contributed by atoms with van der Waals surface area (Å²) in [7, 11) is -2.82. The number of hydrogen-bond acceptors (Lipinski definition) is 6. The zero-order chi connectivity index (χ0) is 25.0. The monoisotopic (exact) mass is 491 g/mol. The van der Waals surface area contributed by atoms with Gasteiger partial charge in [-0.25, -0.2) is 13.1 Å². The molecule has 1 heterocycles. The molecule has 0 bridgehead atoms. The van der Waals surface area contributed by atoms with Gasteiger partial charge in [0.1, 0.15) is 10.6 Å². The predicted molar refractivity (Wildman–Crippen MR) is 129 cm³/mol. The van der Waals surface area contributed by atoms with Gasteiger partial charge in [0.25, 0.3) is 5.91 Å². The summed E-state index contributed by atoms with van der Waals surface area (Å²) < 4.78 is 31.8. The highest BCUT2D eigenvalue weighted by atomic mass is 32.2. The van der Waals surface area contributed by atoms with Gasteiger partial charge in [-0.15, -0.1) is 0 Å². The number of benzene rings is 3. The zero-order valence-electron chi connectivity index (χ0n) is 18.5. The first-order valence-corrected chi connectivity index (χ1v) is 11.9. The lowest BCUT2D eigenvalue weighted by Gasteiger charge is -2.10. The average Bonchev–Trinajstić information content (AvgIpc) is 3.33. The number of hydrogen-bond donors (Lipinski definition) is 4. The quantitative estimate of drug-likeness (QED) is 0.305. The summed E-state index contributed by atoms with van der Waals surface area (Å²) >= 11 is 0. The van der Waals surface area contributed by atoms with Crippen LogP contribution in [-0.4, -0.2) is 32.4 Å². The van der Waals surface area contributed by atoms with Crippen LogP contribution in [0, 0.1) is 0 Å². The molecule has 0 atom stereocenters. The van der Waals surface area contributed by atoms with Crippen molar-refractivity contribution in [1.29, 1.82) is 0 Å². The SMILES string of the molecule is CNS(=O)(=O)c1cc(C(=O)NNC(=O)c2occ(-c3ccccc3)c2-c2ccccc2)ccc1O. The first-order valence-electron chi connectivity index (χ1n) is 10.4. The van der Waals surface area contributed by atoms with Crippen molar-refractivity contribution in [1.82, 2.24) is 15.6 Å². The van der Waals surface area contributed by atoms with E-state index in [0.717, 1.165) is 23.3 Å². The number of phenols is 1. The van der Waals surface area contributed by atoms with Crippen LogP contribution in [0.1, 0.15) is 20.9 Å². The number of furan rings is 1. The van der Waals surface area contributed by atoms with Crippen LogP contribution in [0.25, 0.3) is 22.3 Å². The molecule has 178 valence electrons. The Bertz CT molecular complexity index is 1480. The van der Waals surface area contributed by atoms with Crippen LogP contribution >= 0.6 is 0 Å². The molecule has 4 N–H and O–H groups in total. The Balaban J connectivity index is 1.60. The third kappa shape index (κ3) is 4.93. The fourth-order valence-electron chi connectivity index (χ4n) is 3.47.